The summed E-state index contributed by atoms with van der Waals surface area (Å²) >= 11 is 12.1. The molecule has 0 radical (unpaired) electrons. The quantitative estimate of drug-likeness (QED) is 0.841. The van der Waals surface area contributed by atoms with Crippen molar-refractivity contribution in [2.45, 2.75) is 31.8 Å². The summed E-state index contributed by atoms with van der Waals surface area (Å²) in [4.78, 5) is 18.4. The van der Waals surface area contributed by atoms with Gasteiger partial charge in [-0.25, -0.2) is 0 Å². The first-order chi connectivity index (χ1) is 12.0. The van der Waals surface area contributed by atoms with Gasteiger partial charge in [0.05, 0.1) is 10.0 Å². The van der Waals surface area contributed by atoms with E-state index in [2.05, 4.69) is 22.1 Å². The van der Waals surface area contributed by atoms with E-state index in [0.29, 0.717) is 27.7 Å². The highest BCUT2D eigenvalue weighted by molar-refractivity contribution is 6.42. The van der Waals surface area contributed by atoms with Gasteiger partial charge in [0.1, 0.15) is 5.69 Å². The van der Waals surface area contributed by atoms with Gasteiger partial charge >= 0.3 is 0 Å². The van der Waals surface area contributed by atoms with Gasteiger partial charge < -0.3 is 10.3 Å². The van der Waals surface area contributed by atoms with Crippen LogP contribution in [0, 0.1) is 5.92 Å². The molecule has 3 fully saturated rings. The normalized spacial score (nSPS) is 28.1. The number of aromatic amines is 1. The molecule has 2 bridgehead atoms. The Bertz CT molecular complexity index is 794. The molecular weight excluding hydrogens is 357 g/mol. The van der Waals surface area contributed by atoms with Crippen molar-refractivity contribution in [3.63, 3.8) is 0 Å². The maximum Gasteiger partial charge on any atom is 0.267 e. The highest BCUT2D eigenvalue weighted by Gasteiger charge is 2.40. The third kappa shape index (κ3) is 3.19. The summed E-state index contributed by atoms with van der Waals surface area (Å²) < 4.78 is 0. The van der Waals surface area contributed by atoms with Gasteiger partial charge in [0.2, 0.25) is 0 Å². The van der Waals surface area contributed by atoms with Crippen LogP contribution in [0.4, 0.5) is 0 Å². The molecule has 1 amide bonds. The number of rotatable bonds is 3. The van der Waals surface area contributed by atoms with Crippen LogP contribution < -0.4 is 5.32 Å². The number of benzene rings is 1. The molecule has 2 aromatic rings. The summed E-state index contributed by atoms with van der Waals surface area (Å²) in [6.45, 7) is 4.52. The van der Waals surface area contributed by atoms with E-state index >= 15 is 0 Å². The Balaban J connectivity index is 1.50. The standard InChI is InChI=1S/C19H21Cl2N3O/c1-11-18(12-6-8-24(11)9-7-12)23-19(25)17-5-4-16(22-17)13-2-3-14(20)15(21)10-13/h2-5,10-12,18,22H,6-9H2,1H3,(H,23,25)/t11-,18+/m1/s1. The Labute approximate surface area is 157 Å². The third-order valence-electron chi connectivity index (χ3n) is 5.64. The van der Waals surface area contributed by atoms with Crippen molar-refractivity contribution in [1.82, 2.24) is 15.2 Å². The van der Waals surface area contributed by atoms with E-state index in [1.165, 1.54) is 12.8 Å². The monoisotopic (exact) mass is 377 g/mol. The molecule has 3 saturated heterocycles. The fourth-order valence-electron chi connectivity index (χ4n) is 4.13. The molecule has 1 aromatic heterocycles. The second kappa shape index (κ2) is 6.67. The van der Waals surface area contributed by atoms with Crippen molar-refractivity contribution >= 4 is 29.1 Å². The molecule has 2 atom stereocenters. The molecule has 4 heterocycles. The Morgan fingerprint density at radius 3 is 2.60 bits per heavy atom. The number of fused-ring (bicyclic) bond motifs is 3. The van der Waals surface area contributed by atoms with Crippen LogP contribution in [0.3, 0.4) is 0 Å². The van der Waals surface area contributed by atoms with Crippen molar-refractivity contribution in [3.05, 3.63) is 46.1 Å². The highest BCUT2D eigenvalue weighted by Crippen LogP contribution is 2.32. The fraction of sp³-hybridized carbons (Fsp3) is 0.421. The average molecular weight is 378 g/mol. The second-order valence-corrected chi connectivity index (χ2v) is 7.84. The molecule has 0 aliphatic carbocycles. The molecular formula is C19H21Cl2N3O. The van der Waals surface area contributed by atoms with E-state index in [-0.39, 0.29) is 11.9 Å². The van der Waals surface area contributed by atoms with E-state index in [1.54, 1.807) is 12.1 Å². The number of H-pyrrole nitrogens is 1. The maximum atomic E-state index is 12.7. The van der Waals surface area contributed by atoms with Crippen LogP contribution in [0.15, 0.2) is 30.3 Å². The molecule has 1 aromatic carbocycles. The summed E-state index contributed by atoms with van der Waals surface area (Å²) in [5, 5.41) is 4.26. The lowest BCUT2D eigenvalue weighted by molar-refractivity contribution is 0.0216. The first-order valence-corrected chi connectivity index (χ1v) is 9.48. The SMILES string of the molecule is C[C@@H]1[C@H](NC(=O)c2ccc(-c3ccc(Cl)c(Cl)c3)[nH]2)C2CCN1CC2. The average Bonchev–Trinajstić information content (AvgIpc) is 3.11. The number of hydrogen-bond acceptors (Lipinski definition) is 2. The molecule has 5 rings (SSSR count). The fourth-order valence-corrected chi connectivity index (χ4v) is 4.43. The lowest BCUT2D eigenvalue weighted by atomic mass is 9.79. The topological polar surface area (TPSA) is 48.1 Å². The minimum atomic E-state index is -0.0445. The molecule has 0 saturated carbocycles. The van der Waals surface area contributed by atoms with Gasteiger partial charge in [-0.05, 0) is 68.6 Å². The van der Waals surface area contributed by atoms with Gasteiger partial charge in [0.25, 0.3) is 5.91 Å². The molecule has 3 aliphatic heterocycles. The van der Waals surface area contributed by atoms with Crippen LogP contribution in [0.2, 0.25) is 10.0 Å². The number of halogens is 2. The van der Waals surface area contributed by atoms with Gasteiger partial charge in [-0.3, -0.25) is 9.69 Å². The highest BCUT2D eigenvalue weighted by atomic mass is 35.5. The molecule has 132 valence electrons. The third-order valence-corrected chi connectivity index (χ3v) is 6.38. The molecule has 6 heteroatoms. The zero-order valence-electron chi connectivity index (χ0n) is 14.1. The van der Waals surface area contributed by atoms with E-state index in [4.69, 9.17) is 23.2 Å². The zero-order valence-corrected chi connectivity index (χ0v) is 15.6. The smallest absolute Gasteiger partial charge is 0.267 e. The molecule has 4 nitrogen and oxygen atoms in total. The van der Waals surface area contributed by atoms with Crippen molar-refractivity contribution < 1.29 is 4.79 Å². The molecule has 0 unspecified atom stereocenters. The largest absolute Gasteiger partial charge is 0.351 e. The summed E-state index contributed by atoms with van der Waals surface area (Å²) in [6.07, 6.45) is 2.35. The van der Waals surface area contributed by atoms with Crippen molar-refractivity contribution in [2.24, 2.45) is 5.92 Å². The number of nitrogens with one attached hydrogen (secondary N) is 2. The van der Waals surface area contributed by atoms with Crippen LogP contribution in [0.1, 0.15) is 30.3 Å². The number of aromatic nitrogens is 1. The summed E-state index contributed by atoms with van der Waals surface area (Å²) in [7, 11) is 0. The number of carbonyl (C=O) groups is 1. The first-order valence-electron chi connectivity index (χ1n) is 8.72. The van der Waals surface area contributed by atoms with Crippen molar-refractivity contribution in [2.75, 3.05) is 13.1 Å². The summed E-state index contributed by atoms with van der Waals surface area (Å²) in [6, 6.07) is 9.79. The van der Waals surface area contributed by atoms with Gasteiger partial charge in [-0.1, -0.05) is 29.3 Å². The lowest BCUT2D eigenvalue weighted by Crippen LogP contribution is -2.62. The molecule has 25 heavy (non-hydrogen) atoms. The predicted octanol–water partition coefficient (Wildman–Crippen LogP) is 4.20. The van der Waals surface area contributed by atoms with Crippen molar-refractivity contribution in [3.8, 4) is 11.3 Å². The minimum absolute atomic E-state index is 0.0445. The van der Waals surface area contributed by atoms with E-state index in [0.717, 1.165) is 24.3 Å². The van der Waals surface area contributed by atoms with Gasteiger partial charge in [-0.2, -0.15) is 0 Å². The van der Waals surface area contributed by atoms with E-state index in [9.17, 15) is 4.79 Å². The second-order valence-electron chi connectivity index (χ2n) is 7.03. The molecule has 2 N–H and O–H groups in total. The van der Waals surface area contributed by atoms with Crippen LogP contribution in [-0.2, 0) is 0 Å². The van der Waals surface area contributed by atoms with Crippen LogP contribution in [0.5, 0.6) is 0 Å². The van der Waals surface area contributed by atoms with Crippen molar-refractivity contribution in [1.29, 1.82) is 0 Å². The van der Waals surface area contributed by atoms with Gasteiger partial charge in [-0.15, -0.1) is 0 Å². The van der Waals surface area contributed by atoms with Crippen LogP contribution >= 0.6 is 23.2 Å². The van der Waals surface area contributed by atoms with Gasteiger partial charge in [0, 0.05) is 17.8 Å². The van der Waals surface area contributed by atoms with Crippen LogP contribution in [0.25, 0.3) is 11.3 Å². The lowest BCUT2D eigenvalue weighted by Gasteiger charge is -2.49. The number of amides is 1. The Kier molecular flexibility index (Phi) is 4.52. The minimum Gasteiger partial charge on any atom is -0.351 e. The zero-order chi connectivity index (χ0) is 17.6. The Hall–Kier alpha value is -1.49. The number of carbonyl (C=O) groups excluding carboxylic acids is 1. The molecule has 0 spiro atoms. The maximum absolute atomic E-state index is 12.7. The number of nitrogens with zero attached hydrogens (tertiary/aromatic N) is 1. The first kappa shape index (κ1) is 17.0. The number of piperidine rings is 3. The van der Waals surface area contributed by atoms with E-state index in [1.807, 2.05) is 18.2 Å². The molecule has 3 aliphatic rings. The predicted molar refractivity (Wildman–Crippen MR) is 101 cm³/mol. The number of hydrogen-bond donors (Lipinski definition) is 2. The Morgan fingerprint density at radius 2 is 1.92 bits per heavy atom. The van der Waals surface area contributed by atoms with Crippen LogP contribution in [-0.4, -0.2) is 41.0 Å². The van der Waals surface area contributed by atoms with E-state index < -0.39 is 0 Å². The Morgan fingerprint density at radius 1 is 1.16 bits per heavy atom. The summed E-state index contributed by atoms with van der Waals surface area (Å²) in [5.74, 6) is 0.547. The van der Waals surface area contributed by atoms with Gasteiger partial charge in [0.15, 0.2) is 0 Å². The summed E-state index contributed by atoms with van der Waals surface area (Å²) in [5.41, 5.74) is 2.33.